The molecule has 0 aliphatic carbocycles. The molecule has 1 atom stereocenters. The number of halogens is 2. The van der Waals surface area contributed by atoms with Crippen LogP contribution in [0.2, 0.25) is 5.02 Å². The number of carbonyl (C=O) groups is 3. The maximum Gasteiger partial charge on any atom is 0.407 e. The van der Waals surface area contributed by atoms with Crippen LogP contribution in [0.5, 0.6) is 0 Å². The summed E-state index contributed by atoms with van der Waals surface area (Å²) in [5.41, 5.74) is -1.63. The smallest absolute Gasteiger partial charge is 0.407 e. The topological polar surface area (TPSA) is 121 Å². The number of nitrogens with zero attached hydrogens (tertiary/aromatic N) is 3. The van der Waals surface area contributed by atoms with E-state index in [1.807, 2.05) is 6.07 Å². The lowest BCUT2D eigenvalue weighted by atomic mass is 10.0. The van der Waals surface area contributed by atoms with Crippen molar-refractivity contribution in [2.24, 2.45) is 0 Å². The Labute approximate surface area is 246 Å². The molecule has 0 aromatic heterocycles. The quantitative estimate of drug-likeness (QED) is 0.184. The summed E-state index contributed by atoms with van der Waals surface area (Å²) < 4.78 is 30.3. The van der Waals surface area contributed by atoms with E-state index in [-0.39, 0.29) is 42.7 Å². The number of carbonyl (C=O) groups excluding carboxylic acids is 3. The number of hydrogen-bond donors (Lipinski definition) is 1. The van der Waals surface area contributed by atoms with Gasteiger partial charge in [0.15, 0.2) is 5.57 Å². The van der Waals surface area contributed by atoms with Gasteiger partial charge in [-0.3, -0.25) is 4.79 Å². The standard InChI is InChI=1S/C29H40ClFN4O6/c1-8-39-24(36)18-35(16-19-14-20(31)11-12-23(19)30)25(22(15-32)26(37)40-28(2,3)4)34-13-9-10-21(17-34)33-27(38)41-29(5,6)7/h11-12,14,21H,8-10,13,16-18H2,1-7H3,(H,33,38)/t21-/m1/s1. The minimum absolute atomic E-state index is 0.0887. The summed E-state index contributed by atoms with van der Waals surface area (Å²) in [6.45, 7) is 12.1. The average molecular weight is 595 g/mol. The molecule has 1 aliphatic heterocycles. The predicted molar refractivity (Wildman–Crippen MR) is 151 cm³/mol. The molecular formula is C29H40ClFN4O6. The third-order valence-electron chi connectivity index (χ3n) is 5.67. The first-order valence-electron chi connectivity index (χ1n) is 13.5. The molecule has 2 rings (SSSR count). The highest BCUT2D eigenvalue weighted by Crippen LogP contribution is 2.28. The molecule has 1 amide bonds. The van der Waals surface area contributed by atoms with Gasteiger partial charge in [-0.25, -0.2) is 14.0 Å². The summed E-state index contributed by atoms with van der Waals surface area (Å²) >= 11 is 6.37. The van der Waals surface area contributed by atoms with Crippen molar-refractivity contribution >= 4 is 29.6 Å². The molecule has 0 unspecified atom stereocenters. The van der Waals surface area contributed by atoms with Crippen molar-refractivity contribution in [1.82, 2.24) is 15.1 Å². The van der Waals surface area contributed by atoms with Crippen molar-refractivity contribution in [3.05, 3.63) is 46.0 Å². The summed E-state index contributed by atoms with van der Waals surface area (Å²) in [5.74, 6) is -1.97. The third-order valence-corrected chi connectivity index (χ3v) is 6.04. The molecule has 1 N–H and O–H groups in total. The van der Waals surface area contributed by atoms with Crippen LogP contribution >= 0.6 is 11.6 Å². The second-order valence-electron chi connectivity index (χ2n) is 11.6. The number of ether oxygens (including phenoxy) is 3. The van der Waals surface area contributed by atoms with E-state index >= 15 is 0 Å². The van der Waals surface area contributed by atoms with Crippen molar-refractivity contribution in [2.45, 2.75) is 85.1 Å². The third kappa shape index (κ3) is 11.1. The number of likely N-dealkylation sites (tertiary alicyclic amines) is 1. The lowest BCUT2D eigenvalue weighted by Crippen LogP contribution is -2.51. The van der Waals surface area contributed by atoms with Gasteiger partial charge >= 0.3 is 18.0 Å². The van der Waals surface area contributed by atoms with Gasteiger partial charge in [-0.05, 0) is 85.1 Å². The maximum absolute atomic E-state index is 14.2. The zero-order valence-corrected chi connectivity index (χ0v) is 25.6. The van der Waals surface area contributed by atoms with E-state index < -0.39 is 41.1 Å². The number of alkyl carbamates (subject to hydrolysis) is 1. The fourth-order valence-corrected chi connectivity index (χ4v) is 4.41. The molecule has 1 aliphatic rings. The van der Waals surface area contributed by atoms with Crippen LogP contribution in [0.3, 0.4) is 0 Å². The Hall–Kier alpha value is -3.52. The Morgan fingerprint density at radius 2 is 1.83 bits per heavy atom. The number of hydrogen-bond acceptors (Lipinski definition) is 9. The fourth-order valence-electron chi connectivity index (χ4n) is 4.23. The first-order chi connectivity index (χ1) is 19.0. The average Bonchev–Trinajstić information content (AvgIpc) is 2.82. The lowest BCUT2D eigenvalue weighted by molar-refractivity contribution is -0.150. The van der Waals surface area contributed by atoms with Crippen LogP contribution in [0.15, 0.2) is 29.6 Å². The fraction of sp³-hybridized carbons (Fsp3) is 0.586. The largest absolute Gasteiger partial charge is 0.465 e. The van der Waals surface area contributed by atoms with Gasteiger partial charge in [0.25, 0.3) is 0 Å². The van der Waals surface area contributed by atoms with Crippen LogP contribution in [0.25, 0.3) is 0 Å². The van der Waals surface area contributed by atoms with Gasteiger partial charge in [0, 0.05) is 30.7 Å². The highest BCUT2D eigenvalue weighted by Gasteiger charge is 2.34. The van der Waals surface area contributed by atoms with Gasteiger partial charge in [0.05, 0.1) is 6.61 Å². The molecule has 12 heteroatoms. The molecule has 0 radical (unpaired) electrons. The zero-order valence-electron chi connectivity index (χ0n) is 24.8. The predicted octanol–water partition coefficient (Wildman–Crippen LogP) is 4.91. The number of rotatable bonds is 9. The van der Waals surface area contributed by atoms with Gasteiger partial charge in [-0.15, -0.1) is 0 Å². The van der Waals surface area contributed by atoms with Gasteiger partial charge in [0.2, 0.25) is 0 Å². The Kier molecular flexibility index (Phi) is 11.8. The molecule has 10 nitrogen and oxygen atoms in total. The molecule has 41 heavy (non-hydrogen) atoms. The zero-order chi connectivity index (χ0) is 31.0. The number of esters is 2. The van der Waals surface area contributed by atoms with Crippen molar-refractivity contribution in [1.29, 1.82) is 5.26 Å². The van der Waals surface area contributed by atoms with Crippen LogP contribution < -0.4 is 5.32 Å². The molecule has 1 heterocycles. The van der Waals surface area contributed by atoms with Gasteiger partial charge in [0.1, 0.15) is 35.5 Å². The normalized spacial score (nSPS) is 16.2. The number of piperidine rings is 1. The molecule has 1 fully saturated rings. The van der Waals surface area contributed by atoms with Crippen molar-refractivity contribution in [3.8, 4) is 6.07 Å². The van der Waals surface area contributed by atoms with E-state index in [2.05, 4.69) is 5.32 Å². The molecule has 0 saturated carbocycles. The SMILES string of the molecule is CCOC(=O)CN(Cc1cc(F)ccc1Cl)C(=C(C#N)C(=O)OC(C)(C)C)N1CCC[C@@H](NC(=O)OC(C)(C)C)C1. The van der Waals surface area contributed by atoms with E-state index in [0.29, 0.717) is 24.9 Å². The highest BCUT2D eigenvalue weighted by atomic mass is 35.5. The molecule has 0 spiro atoms. The van der Waals surface area contributed by atoms with Crippen LogP contribution in [0, 0.1) is 17.1 Å². The minimum Gasteiger partial charge on any atom is -0.465 e. The molecule has 226 valence electrons. The summed E-state index contributed by atoms with van der Waals surface area (Å²) in [6.07, 6.45) is 0.605. The molecule has 1 aromatic rings. The maximum atomic E-state index is 14.2. The Morgan fingerprint density at radius 1 is 1.17 bits per heavy atom. The van der Waals surface area contributed by atoms with Crippen LogP contribution in [-0.2, 0) is 30.3 Å². The van der Waals surface area contributed by atoms with Gasteiger partial charge in [-0.1, -0.05) is 11.6 Å². The Balaban J connectivity index is 2.62. The summed E-state index contributed by atoms with van der Waals surface area (Å²) in [5, 5.41) is 13.3. The monoisotopic (exact) mass is 594 g/mol. The number of benzene rings is 1. The number of nitrogens with one attached hydrogen (secondary N) is 1. The lowest BCUT2D eigenvalue weighted by Gasteiger charge is -2.41. The summed E-state index contributed by atoms with van der Waals surface area (Å²) in [4.78, 5) is 41.8. The van der Waals surface area contributed by atoms with E-state index in [4.69, 9.17) is 25.8 Å². The minimum atomic E-state index is -0.912. The molecular weight excluding hydrogens is 555 g/mol. The summed E-state index contributed by atoms with van der Waals surface area (Å²) in [6, 6.07) is 5.38. The van der Waals surface area contributed by atoms with E-state index in [9.17, 15) is 24.0 Å². The number of nitriles is 1. The van der Waals surface area contributed by atoms with Crippen LogP contribution in [0.1, 0.15) is 66.9 Å². The van der Waals surface area contributed by atoms with Gasteiger partial charge < -0.3 is 29.3 Å². The molecule has 1 aromatic carbocycles. The molecule has 1 saturated heterocycles. The van der Waals surface area contributed by atoms with Crippen LogP contribution in [-0.4, -0.2) is 71.3 Å². The Morgan fingerprint density at radius 3 is 2.41 bits per heavy atom. The molecule has 0 bridgehead atoms. The second-order valence-corrected chi connectivity index (χ2v) is 12.0. The first-order valence-corrected chi connectivity index (χ1v) is 13.9. The second kappa shape index (κ2) is 14.4. The van der Waals surface area contributed by atoms with Crippen molar-refractivity contribution in [2.75, 3.05) is 26.2 Å². The van der Waals surface area contributed by atoms with E-state index in [1.54, 1.807) is 53.4 Å². The number of amides is 1. The van der Waals surface area contributed by atoms with Crippen molar-refractivity contribution < 1.29 is 33.0 Å². The highest BCUT2D eigenvalue weighted by molar-refractivity contribution is 6.31. The van der Waals surface area contributed by atoms with E-state index in [1.165, 1.54) is 23.1 Å². The van der Waals surface area contributed by atoms with E-state index in [0.717, 1.165) is 0 Å². The van der Waals surface area contributed by atoms with Crippen LogP contribution in [0.4, 0.5) is 9.18 Å². The van der Waals surface area contributed by atoms with Crippen molar-refractivity contribution in [3.63, 3.8) is 0 Å². The Bertz CT molecular complexity index is 1190. The first kappa shape index (κ1) is 33.7. The van der Waals surface area contributed by atoms with Gasteiger partial charge in [-0.2, -0.15) is 5.26 Å². The summed E-state index contributed by atoms with van der Waals surface area (Å²) in [7, 11) is 0.